The molecule has 0 saturated heterocycles. The fraction of sp³-hybridized carbons (Fsp3) is 0.0435. The van der Waals surface area contributed by atoms with E-state index in [-0.39, 0.29) is 5.41 Å². The molecule has 11 aromatic carbocycles. The van der Waals surface area contributed by atoms with Crippen LogP contribution in [0, 0.1) is 0 Å². The second-order valence-corrected chi connectivity index (χ2v) is 20.8. The van der Waals surface area contributed by atoms with E-state index in [1.54, 1.807) is 0 Å². The van der Waals surface area contributed by atoms with Crippen LogP contribution < -0.4 is 14.7 Å². The second-order valence-electron chi connectivity index (χ2n) is 19.8. The maximum Gasteiger partial charge on any atom is 0.136 e. The van der Waals surface area contributed by atoms with E-state index in [0.29, 0.717) is 0 Å². The fourth-order valence-corrected chi connectivity index (χ4v) is 12.5. The Morgan fingerprint density at radius 2 is 0.784 bits per heavy atom. The van der Waals surface area contributed by atoms with Crippen LogP contribution >= 0.6 is 11.3 Å². The Morgan fingerprint density at radius 1 is 0.297 bits per heavy atom. The van der Waals surface area contributed by atoms with Gasteiger partial charge in [0.1, 0.15) is 11.2 Å². The summed E-state index contributed by atoms with van der Waals surface area (Å²) in [5, 5.41) is 4.64. The standard InChI is InChI=1S/C69H49N3OS/c1-69(2)63-29-16-15-28-57(63)58-36-31-55(44-64(58)69)72(54-34-39-67-62(43-54)60-37-32-56(45-68(60)74-67)71(50-23-11-5-12-24-50)51-25-13-6-14-26-51)53-33-38-65-61(42-53)59-35-30-47(41-66(59)73-65)46-18-17-27-52(40-46)70(48-19-7-3-8-20-48)49-21-9-4-10-22-49/h3-45H,1-2H3. The van der Waals surface area contributed by atoms with Crippen molar-refractivity contribution in [1.82, 2.24) is 0 Å². The van der Waals surface area contributed by atoms with Gasteiger partial charge in [0.05, 0.1) is 0 Å². The molecule has 2 aromatic heterocycles. The van der Waals surface area contributed by atoms with Gasteiger partial charge < -0.3 is 19.1 Å². The van der Waals surface area contributed by atoms with Crippen LogP contribution in [0.15, 0.2) is 265 Å². The average molecular weight is 968 g/mol. The van der Waals surface area contributed by atoms with E-state index in [1.807, 2.05) is 11.3 Å². The summed E-state index contributed by atoms with van der Waals surface area (Å²) in [6.45, 7) is 4.72. The molecule has 2 heterocycles. The van der Waals surface area contributed by atoms with Crippen molar-refractivity contribution < 1.29 is 4.42 Å². The van der Waals surface area contributed by atoms with Crippen LogP contribution in [0.1, 0.15) is 25.0 Å². The number of benzene rings is 11. The molecule has 0 aliphatic heterocycles. The van der Waals surface area contributed by atoms with Gasteiger partial charge in [-0.1, -0.05) is 141 Å². The summed E-state index contributed by atoms with van der Waals surface area (Å²) in [4.78, 5) is 7.08. The molecule has 0 spiro atoms. The molecule has 4 nitrogen and oxygen atoms in total. The van der Waals surface area contributed by atoms with Crippen LogP contribution in [0.25, 0.3) is 64.4 Å². The van der Waals surface area contributed by atoms with Crippen molar-refractivity contribution in [2.24, 2.45) is 0 Å². The SMILES string of the molecule is CC1(C)c2ccccc2-c2ccc(N(c3ccc4oc5cc(-c6cccc(N(c7ccccc7)c7ccccc7)c6)ccc5c4c3)c3ccc4sc5cc(N(c6ccccc6)c6ccccc6)ccc5c4c3)cc21. The lowest BCUT2D eigenvalue weighted by atomic mass is 9.82. The van der Waals surface area contributed by atoms with Crippen molar-refractivity contribution in [2.75, 3.05) is 14.7 Å². The van der Waals surface area contributed by atoms with Gasteiger partial charge in [-0.25, -0.2) is 0 Å². The van der Waals surface area contributed by atoms with Crippen molar-refractivity contribution in [3.05, 3.63) is 272 Å². The third-order valence-corrected chi connectivity index (χ3v) is 16.1. The Labute approximate surface area is 434 Å². The molecular weight excluding hydrogens is 919 g/mol. The minimum atomic E-state index is -0.157. The van der Waals surface area contributed by atoms with Gasteiger partial charge in [0.2, 0.25) is 0 Å². The number of nitrogens with zero attached hydrogens (tertiary/aromatic N) is 3. The Morgan fingerprint density at radius 3 is 1.46 bits per heavy atom. The minimum Gasteiger partial charge on any atom is -0.456 e. The molecule has 5 heteroatoms. The molecule has 0 atom stereocenters. The largest absolute Gasteiger partial charge is 0.456 e. The van der Waals surface area contributed by atoms with E-state index in [0.717, 1.165) is 84.3 Å². The normalized spacial score (nSPS) is 12.6. The van der Waals surface area contributed by atoms with Gasteiger partial charge in [-0.2, -0.15) is 0 Å². The van der Waals surface area contributed by atoms with E-state index in [2.05, 4.69) is 289 Å². The maximum absolute atomic E-state index is 6.75. The van der Waals surface area contributed by atoms with Crippen LogP contribution in [-0.4, -0.2) is 0 Å². The zero-order valence-corrected chi connectivity index (χ0v) is 41.8. The van der Waals surface area contributed by atoms with Gasteiger partial charge in [-0.05, 0) is 167 Å². The Kier molecular flexibility index (Phi) is 10.3. The topological polar surface area (TPSA) is 22.9 Å². The molecule has 0 saturated carbocycles. The monoisotopic (exact) mass is 967 g/mol. The minimum absolute atomic E-state index is 0.157. The summed E-state index contributed by atoms with van der Waals surface area (Å²) < 4.78 is 9.25. The lowest BCUT2D eigenvalue weighted by Crippen LogP contribution is -2.16. The molecule has 0 N–H and O–H groups in total. The summed E-state index contributed by atoms with van der Waals surface area (Å²) in [6, 6.07) is 94.3. The molecule has 1 aliphatic carbocycles. The van der Waals surface area contributed by atoms with E-state index in [1.165, 1.54) is 42.4 Å². The summed E-state index contributed by atoms with van der Waals surface area (Å²) in [6.07, 6.45) is 0. The van der Waals surface area contributed by atoms with Crippen molar-refractivity contribution in [3.8, 4) is 22.3 Å². The first-order valence-electron chi connectivity index (χ1n) is 25.3. The lowest BCUT2D eigenvalue weighted by molar-refractivity contribution is 0.660. The van der Waals surface area contributed by atoms with Crippen LogP contribution in [0.5, 0.6) is 0 Å². The van der Waals surface area contributed by atoms with Crippen molar-refractivity contribution in [2.45, 2.75) is 19.3 Å². The predicted molar refractivity (Wildman–Crippen MR) is 314 cm³/mol. The number of thiophene rings is 1. The van der Waals surface area contributed by atoms with Crippen molar-refractivity contribution in [1.29, 1.82) is 0 Å². The van der Waals surface area contributed by atoms with Gasteiger partial charge in [0, 0.05) is 87.5 Å². The van der Waals surface area contributed by atoms with Crippen LogP contribution in [-0.2, 0) is 5.41 Å². The molecule has 74 heavy (non-hydrogen) atoms. The second kappa shape index (κ2) is 17.6. The first-order chi connectivity index (χ1) is 36.4. The summed E-state index contributed by atoms with van der Waals surface area (Å²) in [5.41, 5.74) is 19.0. The van der Waals surface area contributed by atoms with Gasteiger partial charge in [0.25, 0.3) is 0 Å². The van der Waals surface area contributed by atoms with E-state index in [9.17, 15) is 0 Å². The van der Waals surface area contributed by atoms with Gasteiger partial charge in [-0.15, -0.1) is 11.3 Å². The van der Waals surface area contributed by atoms with Crippen LogP contribution in [0.2, 0.25) is 0 Å². The first-order valence-corrected chi connectivity index (χ1v) is 26.1. The summed E-state index contributed by atoms with van der Waals surface area (Å²) in [5.74, 6) is 0. The van der Waals surface area contributed by atoms with Crippen LogP contribution in [0.4, 0.5) is 51.2 Å². The van der Waals surface area contributed by atoms with Gasteiger partial charge >= 0.3 is 0 Å². The predicted octanol–water partition coefficient (Wildman–Crippen LogP) is 20.3. The van der Waals surface area contributed by atoms with E-state index in [4.69, 9.17) is 4.42 Å². The van der Waals surface area contributed by atoms with Gasteiger partial charge in [0.15, 0.2) is 0 Å². The van der Waals surface area contributed by atoms with Crippen LogP contribution in [0.3, 0.4) is 0 Å². The number of anilines is 9. The van der Waals surface area contributed by atoms with E-state index >= 15 is 0 Å². The highest BCUT2D eigenvalue weighted by Crippen LogP contribution is 2.52. The first kappa shape index (κ1) is 43.6. The lowest BCUT2D eigenvalue weighted by Gasteiger charge is -2.28. The smallest absolute Gasteiger partial charge is 0.136 e. The maximum atomic E-state index is 6.75. The van der Waals surface area contributed by atoms with E-state index < -0.39 is 0 Å². The number of fused-ring (bicyclic) bond motifs is 9. The Balaban J connectivity index is 0.879. The molecule has 0 unspecified atom stereocenters. The molecule has 352 valence electrons. The zero-order chi connectivity index (χ0) is 49.3. The Bertz CT molecular complexity index is 4160. The molecule has 0 bridgehead atoms. The molecule has 1 aliphatic rings. The third-order valence-electron chi connectivity index (χ3n) is 15.0. The average Bonchev–Trinajstić information content (AvgIpc) is 4.09. The molecule has 14 rings (SSSR count). The molecule has 0 fully saturated rings. The summed E-state index contributed by atoms with van der Waals surface area (Å²) >= 11 is 1.85. The molecule has 0 radical (unpaired) electrons. The number of hydrogen-bond acceptors (Lipinski definition) is 5. The Hall–Kier alpha value is -9.16. The molecular formula is C69H49N3OS. The molecule has 0 amide bonds. The third kappa shape index (κ3) is 7.35. The highest BCUT2D eigenvalue weighted by molar-refractivity contribution is 7.25. The number of para-hydroxylation sites is 4. The summed E-state index contributed by atoms with van der Waals surface area (Å²) in [7, 11) is 0. The van der Waals surface area contributed by atoms with Crippen molar-refractivity contribution in [3.63, 3.8) is 0 Å². The zero-order valence-electron chi connectivity index (χ0n) is 41.0. The number of rotatable bonds is 10. The van der Waals surface area contributed by atoms with Gasteiger partial charge in [-0.3, -0.25) is 0 Å². The number of hydrogen-bond donors (Lipinski definition) is 0. The highest BCUT2D eigenvalue weighted by atomic mass is 32.1. The quantitative estimate of drug-likeness (QED) is 0.136. The number of furan rings is 1. The highest BCUT2D eigenvalue weighted by Gasteiger charge is 2.36. The van der Waals surface area contributed by atoms with Crippen molar-refractivity contribution >= 4 is 105 Å². The fourth-order valence-electron chi connectivity index (χ4n) is 11.4. The molecule has 13 aromatic rings.